The molecule has 1 aliphatic carbocycles. The molecule has 1 fully saturated rings. The summed E-state index contributed by atoms with van der Waals surface area (Å²) in [5, 5.41) is 2.96. The molecule has 7 heteroatoms. The van der Waals surface area contributed by atoms with Gasteiger partial charge in [0.2, 0.25) is 5.91 Å². The van der Waals surface area contributed by atoms with Crippen LogP contribution in [0.2, 0.25) is 5.02 Å². The van der Waals surface area contributed by atoms with Gasteiger partial charge in [-0.05, 0) is 31.9 Å². The number of rotatable bonds is 5. The zero-order valence-electron chi connectivity index (χ0n) is 13.5. The molecular formula is C16H21ClFN3O2. The Morgan fingerprint density at radius 2 is 2.04 bits per heavy atom. The normalized spacial score (nSPS) is 15.0. The van der Waals surface area contributed by atoms with Crippen LogP contribution in [0.1, 0.15) is 25.3 Å². The van der Waals surface area contributed by atoms with E-state index in [1.54, 1.807) is 32.0 Å². The predicted molar refractivity (Wildman–Crippen MR) is 86.7 cm³/mol. The topological polar surface area (TPSA) is 52.7 Å². The fourth-order valence-electron chi connectivity index (χ4n) is 2.32. The minimum atomic E-state index is -0.644. The lowest BCUT2D eigenvalue weighted by Crippen LogP contribution is -2.50. The maximum atomic E-state index is 14.0. The Labute approximate surface area is 140 Å². The molecule has 1 aromatic rings. The number of likely N-dealkylation sites (N-methyl/N-ethyl adjacent to an activating group) is 1. The van der Waals surface area contributed by atoms with Crippen LogP contribution in [-0.2, 0) is 11.3 Å². The first-order valence-electron chi connectivity index (χ1n) is 7.52. The largest absolute Gasteiger partial charge is 0.347 e. The van der Waals surface area contributed by atoms with Crippen molar-refractivity contribution in [3.63, 3.8) is 0 Å². The van der Waals surface area contributed by atoms with Crippen LogP contribution in [0.15, 0.2) is 18.2 Å². The minimum absolute atomic E-state index is 0.0623. The average Bonchev–Trinajstić information content (AvgIpc) is 3.30. The summed E-state index contributed by atoms with van der Waals surface area (Å²) in [6, 6.07) is 3.49. The molecule has 1 aliphatic rings. The van der Waals surface area contributed by atoms with Gasteiger partial charge in [-0.25, -0.2) is 9.18 Å². The molecule has 0 bridgehead atoms. The number of carbonyl (C=O) groups is 2. The van der Waals surface area contributed by atoms with E-state index in [0.717, 1.165) is 12.8 Å². The second-order valence-corrected chi connectivity index (χ2v) is 6.37. The van der Waals surface area contributed by atoms with Crippen LogP contribution in [-0.4, -0.2) is 47.9 Å². The standard InChI is InChI=1S/C16H21ClFN3O2/c1-10(15(22)20(2)3)19-16(23)21(11-7-8-11)9-12-13(17)5-4-6-14(12)18/h4-6,10-11H,7-9H2,1-3H3,(H,19,23). The summed E-state index contributed by atoms with van der Waals surface area (Å²) in [5.41, 5.74) is 0.294. The van der Waals surface area contributed by atoms with Crippen LogP contribution in [0.25, 0.3) is 0 Å². The number of nitrogens with zero attached hydrogens (tertiary/aromatic N) is 2. The Kier molecular flexibility index (Phi) is 5.46. The monoisotopic (exact) mass is 341 g/mol. The third-order valence-electron chi connectivity index (χ3n) is 3.79. The Morgan fingerprint density at radius 3 is 2.57 bits per heavy atom. The highest BCUT2D eigenvalue weighted by Gasteiger charge is 2.34. The number of hydrogen-bond donors (Lipinski definition) is 1. The Morgan fingerprint density at radius 1 is 1.39 bits per heavy atom. The van der Waals surface area contributed by atoms with E-state index in [-0.39, 0.29) is 24.5 Å². The Bertz CT molecular complexity index is 585. The number of carbonyl (C=O) groups excluding carboxylic acids is 2. The molecular weight excluding hydrogens is 321 g/mol. The van der Waals surface area contributed by atoms with E-state index in [1.165, 1.54) is 17.0 Å². The lowest BCUT2D eigenvalue weighted by molar-refractivity contribution is -0.130. The molecule has 1 saturated carbocycles. The van der Waals surface area contributed by atoms with Gasteiger partial charge in [0.15, 0.2) is 0 Å². The Balaban J connectivity index is 2.10. The molecule has 2 rings (SSSR count). The van der Waals surface area contributed by atoms with E-state index in [1.807, 2.05) is 0 Å². The first-order valence-corrected chi connectivity index (χ1v) is 7.90. The maximum absolute atomic E-state index is 14.0. The summed E-state index contributed by atoms with van der Waals surface area (Å²) in [5.74, 6) is -0.633. The van der Waals surface area contributed by atoms with Gasteiger partial charge in [-0.3, -0.25) is 4.79 Å². The molecule has 1 N–H and O–H groups in total. The van der Waals surface area contributed by atoms with Crippen molar-refractivity contribution in [2.75, 3.05) is 14.1 Å². The molecule has 0 radical (unpaired) electrons. The molecule has 1 unspecified atom stereocenters. The summed E-state index contributed by atoms with van der Waals surface area (Å²) in [7, 11) is 3.26. The number of nitrogens with one attached hydrogen (secondary N) is 1. The fourth-order valence-corrected chi connectivity index (χ4v) is 2.55. The van der Waals surface area contributed by atoms with E-state index in [9.17, 15) is 14.0 Å². The van der Waals surface area contributed by atoms with E-state index in [0.29, 0.717) is 10.6 Å². The Hall–Kier alpha value is -1.82. The highest BCUT2D eigenvalue weighted by atomic mass is 35.5. The predicted octanol–water partition coefficient (Wildman–Crippen LogP) is 2.63. The first-order chi connectivity index (χ1) is 10.8. The van der Waals surface area contributed by atoms with Crippen molar-refractivity contribution in [1.82, 2.24) is 15.1 Å². The van der Waals surface area contributed by atoms with Crippen molar-refractivity contribution in [2.45, 2.75) is 38.4 Å². The van der Waals surface area contributed by atoms with Crippen LogP contribution in [0.4, 0.5) is 9.18 Å². The first kappa shape index (κ1) is 17.5. The second kappa shape index (κ2) is 7.17. The second-order valence-electron chi connectivity index (χ2n) is 5.96. The van der Waals surface area contributed by atoms with Gasteiger partial charge in [0.1, 0.15) is 11.9 Å². The van der Waals surface area contributed by atoms with E-state index in [2.05, 4.69) is 5.32 Å². The van der Waals surface area contributed by atoms with E-state index in [4.69, 9.17) is 11.6 Å². The molecule has 23 heavy (non-hydrogen) atoms. The minimum Gasteiger partial charge on any atom is -0.347 e. The van der Waals surface area contributed by atoms with Crippen LogP contribution in [0.5, 0.6) is 0 Å². The molecule has 1 atom stereocenters. The number of benzene rings is 1. The zero-order valence-corrected chi connectivity index (χ0v) is 14.2. The van der Waals surface area contributed by atoms with Gasteiger partial charge >= 0.3 is 6.03 Å². The van der Waals surface area contributed by atoms with Crippen molar-refractivity contribution in [1.29, 1.82) is 0 Å². The van der Waals surface area contributed by atoms with Crippen LogP contribution in [0, 0.1) is 5.82 Å². The average molecular weight is 342 g/mol. The molecule has 0 spiro atoms. The highest BCUT2D eigenvalue weighted by Crippen LogP contribution is 2.30. The SMILES string of the molecule is CC(NC(=O)N(Cc1c(F)cccc1Cl)C1CC1)C(=O)N(C)C. The molecule has 0 heterocycles. The van der Waals surface area contributed by atoms with Crippen LogP contribution in [0.3, 0.4) is 0 Å². The molecule has 126 valence electrons. The van der Waals surface area contributed by atoms with Gasteiger partial charge in [-0.15, -0.1) is 0 Å². The lowest BCUT2D eigenvalue weighted by atomic mass is 10.2. The summed E-state index contributed by atoms with van der Waals surface area (Å²) < 4.78 is 14.0. The van der Waals surface area contributed by atoms with Crippen molar-refractivity contribution >= 4 is 23.5 Å². The quantitative estimate of drug-likeness (QED) is 0.895. The van der Waals surface area contributed by atoms with Gasteiger partial charge < -0.3 is 15.1 Å². The third kappa shape index (κ3) is 4.34. The van der Waals surface area contributed by atoms with Gasteiger partial charge in [-0.1, -0.05) is 17.7 Å². The van der Waals surface area contributed by atoms with Crippen molar-refractivity contribution < 1.29 is 14.0 Å². The maximum Gasteiger partial charge on any atom is 0.318 e. The molecule has 0 aromatic heterocycles. The molecule has 5 nitrogen and oxygen atoms in total. The van der Waals surface area contributed by atoms with Crippen molar-refractivity contribution in [3.05, 3.63) is 34.6 Å². The molecule has 0 aliphatic heterocycles. The number of halogens is 2. The van der Waals surface area contributed by atoms with Crippen molar-refractivity contribution in [3.8, 4) is 0 Å². The number of hydrogen-bond acceptors (Lipinski definition) is 2. The van der Waals surface area contributed by atoms with E-state index < -0.39 is 11.9 Å². The third-order valence-corrected chi connectivity index (χ3v) is 4.14. The summed E-state index contributed by atoms with van der Waals surface area (Å²) in [4.78, 5) is 27.3. The number of amides is 3. The van der Waals surface area contributed by atoms with Crippen LogP contribution < -0.4 is 5.32 Å². The van der Waals surface area contributed by atoms with Crippen LogP contribution >= 0.6 is 11.6 Å². The van der Waals surface area contributed by atoms with E-state index >= 15 is 0 Å². The van der Waals surface area contributed by atoms with Gasteiger partial charge in [0.25, 0.3) is 0 Å². The van der Waals surface area contributed by atoms with Gasteiger partial charge in [-0.2, -0.15) is 0 Å². The molecule has 3 amide bonds. The lowest BCUT2D eigenvalue weighted by Gasteiger charge is -2.26. The van der Waals surface area contributed by atoms with Gasteiger partial charge in [0, 0.05) is 30.7 Å². The van der Waals surface area contributed by atoms with Gasteiger partial charge in [0.05, 0.1) is 6.54 Å². The molecule has 0 saturated heterocycles. The molecule has 1 aromatic carbocycles. The zero-order chi connectivity index (χ0) is 17.1. The summed E-state index contributed by atoms with van der Waals surface area (Å²) in [6.07, 6.45) is 1.74. The fraction of sp³-hybridized carbons (Fsp3) is 0.500. The smallest absolute Gasteiger partial charge is 0.318 e. The number of urea groups is 1. The van der Waals surface area contributed by atoms with Crippen molar-refractivity contribution in [2.24, 2.45) is 0 Å². The summed E-state index contributed by atoms with van der Waals surface area (Å²) in [6.45, 7) is 1.71. The highest BCUT2D eigenvalue weighted by molar-refractivity contribution is 6.31. The summed E-state index contributed by atoms with van der Waals surface area (Å²) >= 11 is 6.04.